The number of carbonyl (C=O) groups excluding carboxylic acids is 2. The predicted molar refractivity (Wildman–Crippen MR) is 143 cm³/mol. The molecule has 7 heteroatoms. The van der Waals surface area contributed by atoms with Crippen molar-refractivity contribution in [2.75, 3.05) is 20.1 Å². The molecule has 1 aliphatic heterocycles. The molecule has 1 aliphatic rings. The van der Waals surface area contributed by atoms with E-state index in [4.69, 9.17) is 0 Å². The number of amides is 2. The summed E-state index contributed by atoms with van der Waals surface area (Å²) in [4.78, 5) is 31.1. The van der Waals surface area contributed by atoms with Gasteiger partial charge in [0.15, 0.2) is 0 Å². The normalized spacial score (nSPS) is 15.0. The van der Waals surface area contributed by atoms with E-state index in [1.165, 1.54) is 16.9 Å². The molecule has 5 rings (SSSR count). The van der Waals surface area contributed by atoms with Gasteiger partial charge < -0.3 is 9.80 Å². The highest BCUT2D eigenvalue weighted by Gasteiger charge is 2.33. The minimum absolute atomic E-state index is 0.0584. The van der Waals surface area contributed by atoms with Gasteiger partial charge in [-0.05, 0) is 72.5 Å². The molecular formula is C29H30N4O2S. The maximum Gasteiger partial charge on any atom is 0.263 e. The number of carbonyl (C=O) groups is 2. The van der Waals surface area contributed by atoms with Gasteiger partial charge in [0.2, 0.25) is 0 Å². The number of nitrogens with zero attached hydrogens (tertiary/aromatic N) is 4. The number of likely N-dealkylation sites (N-methyl/N-ethyl adjacent to an activating group) is 1. The predicted octanol–water partition coefficient (Wildman–Crippen LogP) is 5.17. The zero-order valence-corrected chi connectivity index (χ0v) is 21.2. The van der Waals surface area contributed by atoms with Gasteiger partial charge in [0, 0.05) is 44.1 Å². The Kier molecular flexibility index (Phi) is 7.28. The summed E-state index contributed by atoms with van der Waals surface area (Å²) in [6, 6.07) is 23.7. The van der Waals surface area contributed by atoms with E-state index in [0.29, 0.717) is 24.6 Å². The Bertz CT molecular complexity index is 1260. The number of likely N-dealkylation sites (tertiary alicyclic amines) is 1. The summed E-state index contributed by atoms with van der Waals surface area (Å²) in [7, 11) is 1.92. The number of benzene rings is 2. The van der Waals surface area contributed by atoms with Crippen molar-refractivity contribution in [2.24, 2.45) is 5.92 Å². The SMILES string of the molecule is CN(C(=O)c1cccs1)C(Cc1ccccc1)C1CCN(C(=O)c2ccc(-n3cccn3)cc2)CC1. The zero-order valence-electron chi connectivity index (χ0n) is 20.4. The van der Waals surface area contributed by atoms with Crippen LogP contribution in [0.15, 0.2) is 90.6 Å². The van der Waals surface area contributed by atoms with Crippen LogP contribution in [0.2, 0.25) is 0 Å². The summed E-state index contributed by atoms with van der Waals surface area (Å²) >= 11 is 1.48. The fourth-order valence-electron chi connectivity index (χ4n) is 5.05. The lowest BCUT2D eigenvalue weighted by Crippen LogP contribution is -2.48. The third-order valence-corrected chi connectivity index (χ3v) is 7.95. The topological polar surface area (TPSA) is 58.4 Å². The summed E-state index contributed by atoms with van der Waals surface area (Å²) < 4.78 is 1.78. The largest absolute Gasteiger partial charge is 0.339 e. The van der Waals surface area contributed by atoms with E-state index in [2.05, 4.69) is 17.2 Å². The van der Waals surface area contributed by atoms with Crippen LogP contribution >= 0.6 is 11.3 Å². The summed E-state index contributed by atoms with van der Waals surface area (Å²) in [5.74, 6) is 0.454. The highest BCUT2D eigenvalue weighted by molar-refractivity contribution is 7.12. The van der Waals surface area contributed by atoms with Gasteiger partial charge in [-0.3, -0.25) is 9.59 Å². The summed E-state index contributed by atoms with van der Waals surface area (Å²) in [6.07, 6.45) is 6.17. The fraction of sp³-hybridized carbons (Fsp3) is 0.276. The minimum atomic E-state index is 0.0584. The maximum atomic E-state index is 13.2. The van der Waals surface area contributed by atoms with Gasteiger partial charge >= 0.3 is 0 Å². The Morgan fingerprint density at radius 2 is 1.75 bits per heavy atom. The van der Waals surface area contributed by atoms with Crippen molar-refractivity contribution in [1.82, 2.24) is 19.6 Å². The monoisotopic (exact) mass is 498 g/mol. The van der Waals surface area contributed by atoms with Crippen LogP contribution < -0.4 is 0 Å². The van der Waals surface area contributed by atoms with Crippen molar-refractivity contribution in [3.8, 4) is 5.69 Å². The first-order chi connectivity index (χ1) is 17.6. The van der Waals surface area contributed by atoms with E-state index in [1.807, 2.05) is 89.1 Å². The number of aromatic nitrogens is 2. The third kappa shape index (κ3) is 5.26. The lowest BCUT2D eigenvalue weighted by molar-refractivity contribution is 0.0525. The molecule has 0 aliphatic carbocycles. The molecule has 0 spiro atoms. The highest BCUT2D eigenvalue weighted by atomic mass is 32.1. The Morgan fingerprint density at radius 1 is 1.00 bits per heavy atom. The molecule has 0 bridgehead atoms. The van der Waals surface area contributed by atoms with Gasteiger partial charge in [-0.2, -0.15) is 5.10 Å². The molecule has 1 fully saturated rings. The second-order valence-electron chi connectivity index (χ2n) is 9.28. The molecule has 0 N–H and O–H groups in total. The van der Waals surface area contributed by atoms with Gasteiger partial charge in [-0.1, -0.05) is 36.4 Å². The standard InChI is InChI=1S/C29H30N4O2S/c1-31(29(35)27-9-5-20-36-27)26(21-22-7-3-2-4-8-22)23-14-18-32(19-15-23)28(34)24-10-12-25(13-11-24)33-17-6-16-30-33/h2-13,16-17,20,23,26H,14-15,18-19,21H2,1H3. The van der Waals surface area contributed by atoms with Crippen LogP contribution in [0.25, 0.3) is 5.69 Å². The lowest BCUT2D eigenvalue weighted by atomic mass is 9.84. The molecule has 6 nitrogen and oxygen atoms in total. The van der Waals surface area contributed by atoms with Crippen LogP contribution in [0, 0.1) is 5.92 Å². The van der Waals surface area contributed by atoms with Crippen molar-refractivity contribution in [3.05, 3.63) is 107 Å². The Balaban J connectivity index is 1.26. The van der Waals surface area contributed by atoms with Crippen LogP contribution in [-0.2, 0) is 6.42 Å². The molecular weight excluding hydrogens is 468 g/mol. The lowest BCUT2D eigenvalue weighted by Gasteiger charge is -2.40. The summed E-state index contributed by atoms with van der Waals surface area (Å²) in [5.41, 5.74) is 2.84. The molecule has 0 saturated carbocycles. The summed E-state index contributed by atoms with van der Waals surface area (Å²) in [6.45, 7) is 1.38. The number of rotatable bonds is 7. The molecule has 2 amide bonds. The van der Waals surface area contributed by atoms with Gasteiger partial charge in [-0.15, -0.1) is 11.3 Å². The zero-order chi connectivity index (χ0) is 24.9. The summed E-state index contributed by atoms with van der Waals surface area (Å²) in [5, 5.41) is 6.19. The van der Waals surface area contributed by atoms with E-state index < -0.39 is 0 Å². The first-order valence-electron chi connectivity index (χ1n) is 12.3. The molecule has 1 unspecified atom stereocenters. The molecule has 2 aromatic heterocycles. The van der Waals surface area contributed by atoms with E-state index in [0.717, 1.165) is 29.8 Å². The van der Waals surface area contributed by atoms with Crippen LogP contribution in [0.5, 0.6) is 0 Å². The van der Waals surface area contributed by atoms with Gasteiger partial charge in [0.05, 0.1) is 10.6 Å². The maximum absolute atomic E-state index is 13.2. The minimum Gasteiger partial charge on any atom is -0.339 e. The van der Waals surface area contributed by atoms with Gasteiger partial charge in [-0.25, -0.2) is 4.68 Å². The average molecular weight is 499 g/mol. The van der Waals surface area contributed by atoms with E-state index in [9.17, 15) is 9.59 Å². The van der Waals surface area contributed by atoms with Crippen molar-refractivity contribution in [1.29, 1.82) is 0 Å². The second kappa shape index (κ2) is 10.9. The Hall–Kier alpha value is -3.71. The average Bonchev–Trinajstić information content (AvgIpc) is 3.67. The molecule has 1 saturated heterocycles. The van der Waals surface area contributed by atoms with E-state index in [1.54, 1.807) is 10.9 Å². The highest BCUT2D eigenvalue weighted by Crippen LogP contribution is 2.29. The fourth-order valence-corrected chi connectivity index (χ4v) is 5.75. The number of hydrogen-bond acceptors (Lipinski definition) is 4. The van der Waals surface area contributed by atoms with Gasteiger partial charge in [0.25, 0.3) is 11.8 Å². The molecule has 36 heavy (non-hydrogen) atoms. The third-order valence-electron chi connectivity index (χ3n) is 7.09. The van der Waals surface area contributed by atoms with Crippen LogP contribution in [0.1, 0.15) is 38.4 Å². The van der Waals surface area contributed by atoms with Gasteiger partial charge in [0.1, 0.15) is 0 Å². The smallest absolute Gasteiger partial charge is 0.263 e. The second-order valence-corrected chi connectivity index (χ2v) is 10.2. The molecule has 2 aromatic carbocycles. The number of thiophene rings is 1. The van der Waals surface area contributed by atoms with E-state index in [-0.39, 0.29) is 17.9 Å². The molecule has 184 valence electrons. The Morgan fingerprint density at radius 3 is 2.39 bits per heavy atom. The van der Waals surface area contributed by atoms with Crippen molar-refractivity contribution >= 4 is 23.2 Å². The molecule has 3 heterocycles. The first-order valence-corrected chi connectivity index (χ1v) is 13.2. The van der Waals surface area contributed by atoms with Crippen molar-refractivity contribution < 1.29 is 9.59 Å². The van der Waals surface area contributed by atoms with Crippen LogP contribution in [0.4, 0.5) is 0 Å². The first kappa shape index (κ1) is 24.0. The van der Waals surface area contributed by atoms with E-state index >= 15 is 0 Å². The van der Waals surface area contributed by atoms with Crippen molar-refractivity contribution in [2.45, 2.75) is 25.3 Å². The molecule has 1 atom stereocenters. The van der Waals surface area contributed by atoms with Crippen molar-refractivity contribution in [3.63, 3.8) is 0 Å². The Labute approximate surface area is 215 Å². The van der Waals surface area contributed by atoms with Crippen LogP contribution in [0.3, 0.4) is 0 Å². The number of piperidine rings is 1. The molecule has 4 aromatic rings. The quantitative estimate of drug-likeness (QED) is 0.353. The van der Waals surface area contributed by atoms with Crippen LogP contribution in [-0.4, -0.2) is 57.6 Å². The molecule has 0 radical (unpaired) electrons. The number of hydrogen-bond donors (Lipinski definition) is 0.